The molecule has 0 atom stereocenters. The zero-order valence-electron chi connectivity index (χ0n) is 11.7. The van der Waals surface area contributed by atoms with Gasteiger partial charge in [-0.05, 0) is 5.56 Å². The molecule has 0 unspecified atom stereocenters. The average molecular weight is 301 g/mol. The van der Waals surface area contributed by atoms with Gasteiger partial charge in [0.05, 0.1) is 6.54 Å². The second kappa shape index (κ2) is 6.53. The molecule has 0 spiro atoms. The van der Waals surface area contributed by atoms with Crippen LogP contribution in [0.2, 0.25) is 0 Å². The minimum absolute atomic E-state index is 0.121. The Bertz CT molecular complexity index is 816. The molecule has 114 valence electrons. The lowest BCUT2D eigenvalue weighted by Gasteiger charge is -2.08. The second-order valence-corrected chi connectivity index (χ2v) is 4.57. The number of carbonyl (C=O) groups is 1. The van der Waals surface area contributed by atoms with Gasteiger partial charge in [0, 0.05) is 12.3 Å². The molecule has 1 aromatic heterocycles. The van der Waals surface area contributed by atoms with Gasteiger partial charge in [0.15, 0.2) is 5.96 Å². The van der Waals surface area contributed by atoms with Gasteiger partial charge in [-0.1, -0.05) is 30.3 Å². The van der Waals surface area contributed by atoms with E-state index in [1.165, 1.54) is 12.3 Å². The molecule has 22 heavy (non-hydrogen) atoms. The molecule has 1 heterocycles. The fraction of sp³-hybridized carbons (Fsp3) is 0.143. The molecule has 1 aromatic carbocycles. The molecule has 4 N–H and O–H groups in total. The van der Waals surface area contributed by atoms with Crippen molar-refractivity contribution in [3.63, 3.8) is 0 Å². The molecule has 0 fully saturated rings. The van der Waals surface area contributed by atoms with Crippen LogP contribution in [-0.2, 0) is 17.9 Å². The highest BCUT2D eigenvalue weighted by Crippen LogP contribution is 1.98. The predicted octanol–water partition coefficient (Wildman–Crippen LogP) is -1.14. The maximum absolute atomic E-state index is 12.3. The van der Waals surface area contributed by atoms with Gasteiger partial charge in [-0.25, -0.2) is 4.79 Å². The number of aromatic nitrogens is 2. The third-order valence-corrected chi connectivity index (χ3v) is 2.88. The third kappa shape index (κ3) is 3.69. The van der Waals surface area contributed by atoms with Gasteiger partial charge < -0.3 is 11.5 Å². The molecule has 0 aliphatic heterocycles. The summed E-state index contributed by atoms with van der Waals surface area (Å²) in [6.07, 6.45) is 1.24. The van der Waals surface area contributed by atoms with E-state index in [2.05, 4.69) is 4.99 Å². The summed E-state index contributed by atoms with van der Waals surface area (Å²) in [5.41, 5.74) is 9.97. The molecule has 0 aliphatic carbocycles. The van der Waals surface area contributed by atoms with E-state index in [0.717, 1.165) is 14.7 Å². The number of guanidine groups is 1. The van der Waals surface area contributed by atoms with Crippen molar-refractivity contribution in [1.82, 2.24) is 9.13 Å². The molecule has 0 radical (unpaired) electrons. The number of carbonyl (C=O) groups excluding carboxylic acids is 1. The smallest absolute Gasteiger partial charge is 0.331 e. The first kappa shape index (κ1) is 15.2. The molecule has 1 amide bonds. The number of hydrogen-bond donors (Lipinski definition) is 2. The molecule has 0 saturated carbocycles. The molecule has 2 aromatic rings. The number of amides is 1. The van der Waals surface area contributed by atoms with E-state index < -0.39 is 17.2 Å². The van der Waals surface area contributed by atoms with Gasteiger partial charge in [-0.15, -0.1) is 0 Å². The largest absolute Gasteiger partial charge is 0.370 e. The van der Waals surface area contributed by atoms with E-state index >= 15 is 0 Å². The maximum Gasteiger partial charge on any atom is 0.331 e. The van der Waals surface area contributed by atoms with Crippen molar-refractivity contribution in [1.29, 1.82) is 0 Å². The molecule has 2 rings (SSSR count). The van der Waals surface area contributed by atoms with E-state index in [4.69, 9.17) is 11.5 Å². The zero-order chi connectivity index (χ0) is 16.1. The van der Waals surface area contributed by atoms with E-state index in [0.29, 0.717) is 0 Å². The predicted molar refractivity (Wildman–Crippen MR) is 81.3 cm³/mol. The first-order valence-electron chi connectivity index (χ1n) is 6.44. The quantitative estimate of drug-likeness (QED) is 0.545. The number of hydrogen-bond acceptors (Lipinski definition) is 3. The highest BCUT2D eigenvalue weighted by atomic mass is 16.2. The van der Waals surface area contributed by atoms with Crippen LogP contribution in [0.15, 0.2) is 57.2 Å². The van der Waals surface area contributed by atoms with Gasteiger partial charge in [-0.2, -0.15) is 4.99 Å². The molecular weight excluding hydrogens is 286 g/mol. The molecule has 8 nitrogen and oxygen atoms in total. The Balaban J connectivity index is 2.34. The van der Waals surface area contributed by atoms with Crippen LogP contribution in [0.4, 0.5) is 0 Å². The van der Waals surface area contributed by atoms with Crippen molar-refractivity contribution in [2.24, 2.45) is 16.5 Å². The van der Waals surface area contributed by atoms with E-state index in [1.54, 1.807) is 12.1 Å². The van der Waals surface area contributed by atoms with Crippen LogP contribution in [-0.4, -0.2) is 21.0 Å². The Hall–Kier alpha value is -3.16. The van der Waals surface area contributed by atoms with Gasteiger partial charge in [0.2, 0.25) is 0 Å². The highest BCUT2D eigenvalue weighted by Gasteiger charge is 2.09. The molecule has 0 bridgehead atoms. The Morgan fingerprint density at radius 2 is 1.77 bits per heavy atom. The highest BCUT2D eigenvalue weighted by molar-refractivity contribution is 5.91. The summed E-state index contributed by atoms with van der Waals surface area (Å²) >= 11 is 0. The minimum Gasteiger partial charge on any atom is -0.370 e. The number of nitrogens with zero attached hydrogens (tertiary/aromatic N) is 3. The second-order valence-electron chi connectivity index (χ2n) is 4.57. The van der Waals surface area contributed by atoms with Gasteiger partial charge in [0.25, 0.3) is 11.5 Å². The van der Waals surface area contributed by atoms with Crippen LogP contribution in [0.3, 0.4) is 0 Å². The first-order chi connectivity index (χ1) is 10.5. The zero-order valence-corrected chi connectivity index (χ0v) is 11.7. The van der Waals surface area contributed by atoms with E-state index in [1.807, 2.05) is 18.2 Å². The lowest BCUT2D eigenvalue weighted by Crippen LogP contribution is -2.40. The molecule has 0 aliphatic rings. The summed E-state index contributed by atoms with van der Waals surface area (Å²) < 4.78 is 2.12. The molecular formula is C14H15N5O3. The van der Waals surface area contributed by atoms with Gasteiger partial charge >= 0.3 is 5.69 Å². The lowest BCUT2D eigenvalue weighted by molar-refractivity contribution is -0.118. The Morgan fingerprint density at radius 1 is 1.09 bits per heavy atom. The number of benzene rings is 1. The summed E-state index contributed by atoms with van der Waals surface area (Å²) in [5.74, 6) is -1.05. The van der Waals surface area contributed by atoms with Crippen LogP contribution in [0.5, 0.6) is 0 Å². The van der Waals surface area contributed by atoms with Gasteiger partial charge in [0.1, 0.15) is 6.54 Å². The summed E-state index contributed by atoms with van der Waals surface area (Å²) in [7, 11) is 0. The minimum atomic E-state index is -0.674. The monoisotopic (exact) mass is 301 g/mol. The summed E-state index contributed by atoms with van der Waals surface area (Å²) in [4.78, 5) is 39.0. The van der Waals surface area contributed by atoms with Crippen molar-refractivity contribution in [2.45, 2.75) is 13.1 Å². The van der Waals surface area contributed by atoms with Crippen LogP contribution in [0.1, 0.15) is 5.56 Å². The Labute approximate surface area is 125 Å². The van der Waals surface area contributed by atoms with Crippen molar-refractivity contribution in [3.05, 3.63) is 69.0 Å². The third-order valence-electron chi connectivity index (χ3n) is 2.88. The summed E-state index contributed by atoms with van der Waals surface area (Å²) in [6.45, 7) is -0.221. The van der Waals surface area contributed by atoms with Crippen molar-refractivity contribution in [2.75, 3.05) is 0 Å². The Kier molecular flexibility index (Phi) is 4.52. The van der Waals surface area contributed by atoms with Crippen molar-refractivity contribution >= 4 is 11.9 Å². The van der Waals surface area contributed by atoms with E-state index in [-0.39, 0.29) is 19.0 Å². The standard InChI is InChI=1S/C14H15N5O3/c15-13(16)17-11(20)9-18-7-6-12(21)19(14(18)22)8-10-4-2-1-3-5-10/h1-7H,8-9H2,(H4,15,16,17,20). The van der Waals surface area contributed by atoms with Crippen LogP contribution in [0.25, 0.3) is 0 Å². The SMILES string of the molecule is NC(N)=NC(=O)Cn1ccc(=O)n(Cc2ccccc2)c1=O. The number of nitrogens with two attached hydrogens (primary N) is 2. The van der Waals surface area contributed by atoms with Crippen LogP contribution >= 0.6 is 0 Å². The normalized spacial score (nSPS) is 10.2. The fourth-order valence-corrected chi connectivity index (χ4v) is 1.91. The van der Waals surface area contributed by atoms with Crippen molar-refractivity contribution < 1.29 is 4.79 Å². The van der Waals surface area contributed by atoms with Crippen molar-refractivity contribution in [3.8, 4) is 0 Å². The lowest BCUT2D eigenvalue weighted by atomic mass is 10.2. The molecule has 0 saturated heterocycles. The van der Waals surface area contributed by atoms with Crippen LogP contribution < -0.4 is 22.7 Å². The average Bonchev–Trinajstić information content (AvgIpc) is 2.47. The first-order valence-corrected chi connectivity index (χ1v) is 6.44. The molecule has 8 heteroatoms. The van der Waals surface area contributed by atoms with Crippen LogP contribution in [0, 0.1) is 0 Å². The summed E-state index contributed by atoms with van der Waals surface area (Å²) in [5, 5.41) is 0. The van der Waals surface area contributed by atoms with E-state index in [9.17, 15) is 14.4 Å². The maximum atomic E-state index is 12.3. The fourth-order valence-electron chi connectivity index (χ4n) is 1.91. The summed E-state index contributed by atoms with van der Waals surface area (Å²) in [6, 6.07) is 10.3. The number of rotatable bonds is 4. The topological polar surface area (TPSA) is 125 Å². The van der Waals surface area contributed by atoms with Gasteiger partial charge in [-0.3, -0.25) is 18.7 Å². The Morgan fingerprint density at radius 3 is 2.41 bits per heavy atom. The number of aliphatic imine (C=N–C) groups is 1.